The average molecular weight is 285 g/mol. The fourth-order valence-electron chi connectivity index (χ4n) is 1.73. The van der Waals surface area contributed by atoms with E-state index in [1.165, 1.54) is 18.2 Å². The van der Waals surface area contributed by atoms with Crippen molar-refractivity contribution in [1.82, 2.24) is 0 Å². The number of hydrogen-bond acceptors (Lipinski definition) is 2. The third kappa shape index (κ3) is 3.47. The molecule has 1 atom stereocenters. The Hall–Kier alpha value is -2.09. The SMILES string of the molecule is C[S+]([O-])c1ccc(/C=C/c2cc(F)ccc2C#N)cc1. The molecule has 20 heavy (non-hydrogen) atoms. The van der Waals surface area contributed by atoms with Crippen LogP contribution in [0.5, 0.6) is 0 Å². The molecule has 2 aromatic rings. The van der Waals surface area contributed by atoms with Gasteiger partial charge in [-0.05, 0) is 64.8 Å². The van der Waals surface area contributed by atoms with Crippen LogP contribution in [0.15, 0.2) is 47.4 Å². The van der Waals surface area contributed by atoms with E-state index in [9.17, 15) is 8.94 Å². The third-order valence-electron chi connectivity index (χ3n) is 2.80. The summed E-state index contributed by atoms with van der Waals surface area (Å²) >= 11 is -1.00. The van der Waals surface area contributed by atoms with Crippen LogP contribution in [0.3, 0.4) is 0 Å². The minimum Gasteiger partial charge on any atom is -0.612 e. The standard InChI is InChI=1S/C16H12FNOS/c1-20(19)16-8-3-12(4-9-16)2-5-13-10-15(17)7-6-14(13)11-18/h2-10H,1H3/b5-2+. The van der Waals surface area contributed by atoms with E-state index in [4.69, 9.17) is 5.26 Å². The highest BCUT2D eigenvalue weighted by Crippen LogP contribution is 2.16. The summed E-state index contributed by atoms with van der Waals surface area (Å²) < 4.78 is 24.4. The molecule has 2 aromatic carbocycles. The Balaban J connectivity index is 2.25. The van der Waals surface area contributed by atoms with Gasteiger partial charge >= 0.3 is 0 Å². The maximum absolute atomic E-state index is 13.2. The van der Waals surface area contributed by atoms with E-state index in [-0.39, 0.29) is 5.82 Å². The van der Waals surface area contributed by atoms with Gasteiger partial charge in [0, 0.05) is 0 Å². The molecule has 1 unspecified atom stereocenters. The van der Waals surface area contributed by atoms with Crippen LogP contribution in [0.25, 0.3) is 12.2 Å². The smallest absolute Gasteiger partial charge is 0.152 e. The molecule has 0 fully saturated rings. The van der Waals surface area contributed by atoms with E-state index in [0.29, 0.717) is 11.1 Å². The molecule has 0 N–H and O–H groups in total. The molecule has 0 aliphatic carbocycles. The second-order valence-corrected chi connectivity index (χ2v) is 5.58. The monoisotopic (exact) mass is 285 g/mol. The first-order chi connectivity index (χ1) is 9.60. The third-order valence-corrected chi connectivity index (χ3v) is 3.74. The first kappa shape index (κ1) is 14.3. The predicted octanol–water partition coefficient (Wildman–Crippen LogP) is 3.61. The van der Waals surface area contributed by atoms with E-state index in [0.717, 1.165) is 10.5 Å². The van der Waals surface area contributed by atoms with Gasteiger partial charge in [-0.15, -0.1) is 0 Å². The van der Waals surface area contributed by atoms with Gasteiger partial charge in [0.2, 0.25) is 0 Å². The molecule has 0 heterocycles. The van der Waals surface area contributed by atoms with Crippen molar-refractivity contribution in [1.29, 1.82) is 5.26 Å². The number of hydrogen-bond donors (Lipinski definition) is 0. The summed E-state index contributed by atoms with van der Waals surface area (Å²) in [6, 6.07) is 13.3. The van der Waals surface area contributed by atoms with E-state index < -0.39 is 11.2 Å². The van der Waals surface area contributed by atoms with Crippen molar-refractivity contribution in [2.45, 2.75) is 4.90 Å². The molecular formula is C16H12FNOS. The maximum Gasteiger partial charge on any atom is 0.152 e. The van der Waals surface area contributed by atoms with Gasteiger partial charge in [0.15, 0.2) is 4.90 Å². The molecular weight excluding hydrogens is 273 g/mol. The molecule has 0 saturated heterocycles. The molecule has 0 saturated carbocycles. The largest absolute Gasteiger partial charge is 0.612 e. The van der Waals surface area contributed by atoms with E-state index in [2.05, 4.69) is 0 Å². The van der Waals surface area contributed by atoms with E-state index in [1.807, 2.05) is 18.2 Å². The predicted molar refractivity (Wildman–Crippen MR) is 78.8 cm³/mol. The van der Waals surface area contributed by atoms with Crippen molar-refractivity contribution >= 4 is 23.3 Å². The van der Waals surface area contributed by atoms with Crippen LogP contribution in [0.4, 0.5) is 4.39 Å². The normalized spacial score (nSPS) is 12.3. The fourth-order valence-corrected chi connectivity index (χ4v) is 2.25. The van der Waals surface area contributed by atoms with Gasteiger partial charge in [-0.25, -0.2) is 4.39 Å². The van der Waals surface area contributed by atoms with Crippen molar-refractivity contribution in [3.8, 4) is 6.07 Å². The zero-order valence-corrected chi connectivity index (χ0v) is 11.7. The number of halogens is 1. The van der Waals surface area contributed by atoms with E-state index >= 15 is 0 Å². The van der Waals surface area contributed by atoms with Gasteiger partial charge in [0.1, 0.15) is 12.1 Å². The second-order valence-electron chi connectivity index (χ2n) is 4.20. The van der Waals surface area contributed by atoms with E-state index in [1.54, 1.807) is 30.5 Å². The van der Waals surface area contributed by atoms with Crippen molar-refractivity contribution in [3.63, 3.8) is 0 Å². The van der Waals surface area contributed by atoms with Crippen molar-refractivity contribution in [2.24, 2.45) is 0 Å². The molecule has 0 aromatic heterocycles. The summed E-state index contributed by atoms with van der Waals surface area (Å²) in [5.74, 6) is -0.375. The quantitative estimate of drug-likeness (QED) is 0.639. The van der Waals surface area contributed by atoms with Crippen LogP contribution >= 0.6 is 0 Å². The van der Waals surface area contributed by atoms with Gasteiger partial charge in [-0.1, -0.05) is 12.2 Å². The summed E-state index contributed by atoms with van der Waals surface area (Å²) in [7, 11) is 0. The van der Waals surface area contributed by atoms with Crippen molar-refractivity contribution in [3.05, 3.63) is 65.0 Å². The van der Waals surface area contributed by atoms with Crippen LogP contribution in [0.2, 0.25) is 0 Å². The summed E-state index contributed by atoms with van der Waals surface area (Å²) in [6.07, 6.45) is 5.11. The van der Waals surface area contributed by atoms with Crippen LogP contribution in [0.1, 0.15) is 16.7 Å². The van der Waals surface area contributed by atoms with Gasteiger partial charge in [0.05, 0.1) is 11.6 Å². The van der Waals surface area contributed by atoms with Crippen LogP contribution in [0, 0.1) is 17.1 Å². The number of nitrogens with zero attached hydrogens (tertiary/aromatic N) is 1. The van der Waals surface area contributed by atoms with Gasteiger partial charge in [-0.3, -0.25) is 0 Å². The molecule has 4 heteroatoms. The molecule has 100 valence electrons. The molecule has 2 nitrogen and oxygen atoms in total. The van der Waals surface area contributed by atoms with Crippen molar-refractivity contribution in [2.75, 3.05) is 6.26 Å². The summed E-state index contributed by atoms with van der Waals surface area (Å²) in [6.45, 7) is 0. The lowest BCUT2D eigenvalue weighted by Gasteiger charge is -2.03. The first-order valence-corrected chi connectivity index (χ1v) is 7.47. The number of benzene rings is 2. The topological polar surface area (TPSA) is 46.8 Å². The zero-order valence-electron chi connectivity index (χ0n) is 10.8. The number of nitriles is 1. The fraction of sp³-hybridized carbons (Fsp3) is 0.0625. The molecule has 0 radical (unpaired) electrons. The van der Waals surface area contributed by atoms with Gasteiger partial charge in [0.25, 0.3) is 0 Å². The Morgan fingerprint density at radius 2 is 1.85 bits per heavy atom. The Bertz CT molecular complexity index is 672. The molecule has 0 amide bonds. The lowest BCUT2D eigenvalue weighted by Crippen LogP contribution is -1.96. The highest BCUT2D eigenvalue weighted by molar-refractivity contribution is 7.90. The lowest BCUT2D eigenvalue weighted by atomic mass is 10.1. The molecule has 0 aliphatic heterocycles. The lowest BCUT2D eigenvalue weighted by molar-refractivity contribution is 0.601. The molecule has 0 aliphatic rings. The average Bonchev–Trinajstić information content (AvgIpc) is 2.45. The molecule has 0 bridgehead atoms. The summed E-state index contributed by atoms with van der Waals surface area (Å²) in [4.78, 5) is 0.755. The zero-order chi connectivity index (χ0) is 14.5. The van der Waals surface area contributed by atoms with Gasteiger partial charge in [-0.2, -0.15) is 5.26 Å². The molecule has 0 spiro atoms. The number of rotatable bonds is 3. The first-order valence-electron chi connectivity index (χ1n) is 5.91. The maximum atomic E-state index is 13.2. The second kappa shape index (κ2) is 6.38. The minimum atomic E-state index is -1.00. The minimum absolute atomic E-state index is 0.375. The Morgan fingerprint density at radius 1 is 1.15 bits per heavy atom. The van der Waals surface area contributed by atoms with Crippen LogP contribution in [-0.2, 0) is 11.2 Å². The summed E-state index contributed by atoms with van der Waals surface area (Å²) in [5.41, 5.74) is 1.86. The molecule has 2 rings (SSSR count). The highest BCUT2D eigenvalue weighted by Gasteiger charge is 2.03. The summed E-state index contributed by atoms with van der Waals surface area (Å²) in [5, 5.41) is 8.96. The van der Waals surface area contributed by atoms with Crippen LogP contribution < -0.4 is 0 Å². The Labute approximate surface area is 120 Å². The Kier molecular flexibility index (Phi) is 4.57. The highest BCUT2D eigenvalue weighted by atomic mass is 32.2. The Morgan fingerprint density at radius 3 is 2.45 bits per heavy atom. The van der Waals surface area contributed by atoms with Crippen LogP contribution in [-0.4, -0.2) is 10.8 Å². The van der Waals surface area contributed by atoms with Crippen molar-refractivity contribution < 1.29 is 8.94 Å². The van der Waals surface area contributed by atoms with Gasteiger partial charge < -0.3 is 4.55 Å².